The van der Waals surface area contributed by atoms with Gasteiger partial charge in [0.25, 0.3) is 0 Å². The van der Waals surface area contributed by atoms with E-state index in [-0.39, 0.29) is 27.5 Å². The Labute approximate surface area is 132 Å². The van der Waals surface area contributed by atoms with Gasteiger partial charge in [-0.25, -0.2) is 9.18 Å². The Morgan fingerprint density at radius 2 is 2.05 bits per heavy atom. The van der Waals surface area contributed by atoms with Crippen molar-refractivity contribution in [2.24, 2.45) is 0 Å². The third-order valence-electron chi connectivity index (χ3n) is 2.56. The molecular weight excluding hydrogens is 399 g/mol. The van der Waals surface area contributed by atoms with Crippen molar-refractivity contribution in [1.82, 2.24) is 0 Å². The van der Waals surface area contributed by atoms with Gasteiger partial charge >= 0.3 is 11.9 Å². The number of carboxylic acid groups (broad SMARTS) is 1. The van der Waals surface area contributed by atoms with Crippen molar-refractivity contribution in [2.45, 2.75) is 26.2 Å². The van der Waals surface area contributed by atoms with Crippen LogP contribution in [0.15, 0.2) is 15.0 Å². The van der Waals surface area contributed by atoms with Gasteiger partial charge in [-0.2, -0.15) is 0 Å². The van der Waals surface area contributed by atoms with Crippen LogP contribution >= 0.6 is 31.9 Å². The summed E-state index contributed by atoms with van der Waals surface area (Å²) >= 11 is 6.12. The largest absolute Gasteiger partial charge is 0.481 e. The number of esters is 1. The zero-order chi connectivity index (χ0) is 15.3. The number of carbonyl (C=O) groups is 2. The molecule has 0 aromatic heterocycles. The number of aryl methyl sites for hydroxylation is 1. The number of hydrogen-bond acceptors (Lipinski definition) is 3. The first kappa shape index (κ1) is 17.1. The summed E-state index contributed by atoms with van der Waals surface area (Å²) in [6, 6.07) is 1.48. The van der Waals surface area contributed by atoms with E-state index in [9.17, 15) is 14.0 Å². The number of ether oxygens (including phenoxy) is 1. The van der Waals surface area contributed by atoms with Crippen LogP contribution in [0.3, 0.4) is 0 Å². The van der Waals surface area contributed by atoms with Crippen molar-refractivity contribution in [2.75, 3.05) is 6.61 Å². The fraction of sp³-hybridized carbons (Fsp3) is 0.385. The second kappa shape index (κ2) is 7.73. The van der Waals surface area contributed by atoms with E-state index in [0.29, 0.717) is 18.4 Å². The predicted molar refractivity (Wildman–Crippen MR) is 78.3 cm³/mol. The molecule has 1 N–H and O–H groups in total. The molecule has 0 radical (unpaired) electrons. The highest BCUT2D eigenvalue weighted by molar-refractivity contribution is 9.11. The van der Waals surface area contributed by atoms with Gasteiger partial charge in [0.15, 0.2) is 5.82 Å². The smallest absolute Gasteiger partial charge is 0.339 e. The van der Waals surface area contributed by atoms with Crippen LogP contribution in [-0.2, 0) is 16.0 Å². The van der Waals surface area contributed by atoms with Gasteiger partial charge in [-0.05, 0) is 63.3 Å². The fourth-order valence-corrected chi connectivity index (χ4v) is 3.07. The van der Waals surface area contributed by atoms with Crippen LogP contribution in [0.5, 0.6) is 0 Å². The lowest BCUT2D eigenvalue weighted by Gasteiger charge is -2.12. The number of rotatable bonds is 6. The van der Waals surface area contributed by atoms with Gasteiger partial charge in [-0.15, -0.1) is 0 Å². The Morgan fingerprint density at radius 3 is 2.60 bits per heavy atom. The first-order valence-corrected chi connectivity index (χ1v) is 7.52. The van der Waals surface area contributed by atoms with E-state index in [1.165, 1.54) is 6.07 Å². The summed E-state index contributed by atoms with van der Waals surface area (Å²) in [5.41, 5.74) is 0.655. The van der Waals surface area contributed by atoms with E-state index in [2.05, 4.69) is 31.9 Å². The number of benzene rings is 1. The molecule has 0 amide bonds. The number of carboxylic acids is 1. The monoisotopic (exact) mass is 410 g/mol. The second-order valence-corrected chi connectivity index (χ2v) is 5.64. The van der Waals surface area contributed by atoms with E-state index < -0.39 is 17.8 Å². The molecule has 0 bridgehead atoms. The van der Waals surface area contributed by atoms with Gasteiger partial charge in [0.2, 0.25) is 0 Å². The summed E-state index contributed by atoms with van der Waals surface area (Å²) in [4.78, 5) is 22.4. The highest BCUT2D eigenvalue weighted by atomic mass is 79.9. The maximum Gasteiger partial charge on any atom is 0.339 e. The normalized spacial score (nSPS) is 10.4. The number of aliphatic carboxylic acids is 1. The number of hydrogen-bond donors (Lipinski definition) is 1. The van der Waals surface area contributed by atoms with Crippen LogP contribution in [0.1, 0.15) is 35.7 Å². The van der Waals surface area contributed by atoms with E-state index in [1.54, 1.807) is 6.92 Å². The van der Waals surface area contributed by atoms with E-state index in [4.69, 9.17) is 9.84 Å². The van der Waals surface area contributed by atoms with E-state index >= 15 is 0 Å². The predicted octanol–water partition coefficient (Wildman–Crippen LogP) is 3.93. The summed E-state index contributed by atoms with van der Waals surface area (Å²) in [6.07, 6.45) is 0.680. The van der Waals surface area contributed by atoms with Gasteiger partial charge in [0, 0.05) is 6.42 Å². The zero-order valence-electron chi connectivity index (χ0n) is 10.7. The lowest BCUT2D eigenvalue weighted by Crippen LogP contribution is -2.11. The average Bonchev–Trinajstić information content (AvgIpc) is 2.36. The molecular formula is C13H13Br2FO4. The first-order valence-electron chi connectivity index (χ1n) is 5.93. The summed E-state index contributed by atoms with van der Waals surface area (Å²) in [7, 11) is 0. The molecule has 0 aliphatic rings. The van der Waals surface area contributed by atoms with Gasteiger partial charge in [0.05, 0.1) is 21.1 Å². The molecule has 0 fully saturated rings. The molecule has 0 atom stereocenters. The summed E-state index contributed by atoms with van der Waals surface area (Å²) in [5, 5.41) is 8.64. The summed E-state index contributed by atoms with van der Waals surface area (Å²) in [5.74, 6) is -2.13. The summed E-state index contributed by atoms with van der Waals surface area (Å²) in [6.45, 7) is 1.84. The SMILES string of the molecule is CCOC(=O)c1c(CCCC(=O)O)cc(Br)c(F)c1Br. The number of carbonyl (C=O) groups excluding carboxylic acids is 1. The van der Waals surface area contributed by atoms with Gasteiger partial charge in [-0.3, -0.25) is 4.79 Å². The van der Waals surface area contributed by atoms with Crippen LogP contribution in [0.4, 0.5) is 4.39 Å². The Balaban J connectivity index is 3.13. The van der Waals surface area contributed by atoms with Crippen molar-refractivity contribution in [1.29, 1.82) is 0 Å². The molecule has 1 aromatic rings. The minimum Gasteiger partial charge on any atom is -0.481 e. The highest BCUT2D eigenvalue weighted by Crippen LogP contribution is 2.32. The minimum absolute atomic E-state index is 0.0190. The van der Waals surface area contributed by atoms with Crippen molar-refractivity contribution in [3.63, 3.8) is 0 Å². The standard InChI is InChI=1S/C13H13Br2FO4/c1-2-20-13(19)10-7(4-3-5-9(17)18)6-8(14)12(16)11(10)15/h6H,2-5H2,1H3,(H,17,18). The molecule has 0 spiro atoms. The van der Waals surface area contributed by atoms with Crippen LogP contribution in [0.2, 0.25) is 0 Å². The zero-order valence-corrected chi connectivity index (χ0v) is 13.9. The lowest BCUT2D eigenvalue weighted by atomic mass is 10.0. The third kappa shape index (κ3) is 4.28. The van der Waals surface area contributed by atoms with Gasteiger partial charge in [-0.1, -0.05) is 0 Å². The quantitative estimate of drug-likeness (QED) is 0.568. The van der Waals surface area contributed by atoms with E-state index in [0.717, 1.165) is 0 Å². The van der Waals surface area contributed by atoms with Crippen LogP contribution < -0.4 is 0 Å². The first-order chi connectivity index (χ1) is 9.38. The molecule has 0 saturated carbocycles. The van der Waals surface area contributed by atoms with Crippen molar-refractivity contribution < 1.29 is 23.8 Å². The minimum atomic E-state index is -0.914. The van der Waals surface area contributed by atoms with Crippen LogP contribution in [-0.4, -0.2) is 23.7 Å². The third-order valence-corrected chi connectivity index (χ3v) is 3.88. The molecule has 1 aromatic carbocycles. The van der Waals surface area contributed by atoms with Crippen molar-refractivity contribution >= 4 is 43.8 Å². The van der Waals surface area contributed by atoms with E-state index in [1.807, 2.05) is 0 Å². The summed E-state index contributed by atoms with van der Waals surface area (Å²) < 4.78 is 19.0. The molecule has 0 unspecified atom stereocenters. The Kier molecular flexibility index (Phi) is 6.61. The molecule has 0 heterocycles. The molecule has 0 saturated heterocycles. The maximum absolute atomic E-state index is 13.8. The Bertz CT molecular complexity index is 532. The van der Waals surface area contributed by atoms with Crippen LogP contribution in [0.25, 0.3) is 0 Å². The van der Waals surface area contributed by atoms with Crippen LogP contribution in [0, 0.1) is 5.82 Å². The molecule has 4 nitrogen and oxygen atoms in total. The topological polar surface area (TPSA) is 63.6 Å². The lowest BCUT2D eigenvalue weighted by molar-refractivity contribution is -0.137. The molecule has 110 valence electrons. The Morgan fingerprint density at radius 1 is 1.40 bits per heavy atom. The fourth-order valence-electron chi connectivity index (χ4n) is 1.70. The molecule has 20 heavy (non-hydrogen) atoms. The van der Waals surface area contributed by atoms with Crippen molar-refractivity contribution in [3.8, 4) is 0 Å². The molecule has 7 heteroatoms. The molecule has 0 aliphatic carbocycles. The molecule has 0 aliphatic heterocycles. The number of halogens is 3. The second-order valence-electron chi connectivity index (χ2n) is 3.99. The van der Waals surface area contributed by atoms with Crippen molar-refractivity contribution in [3.05, 3.63) is 32.0 Å². The molecule has 1 rings (SSSR count). The van der Waals surface area contributed by atoms with Gasteiger partial charge in [0.1, 0.15) is 0 Å². The van der Waals surface area contributed by atoms with Gasteiger partial charge < -0.3 is 9.84 Å². The Hall–Kier alpha value is -0.950. The maximum atomic E-state index is 13.8. The highest BCUT2D eigenvalue weighted by Gasteiger charge is 2.22. The average molecular weight is 412 g/mol.